The fraction of sp³-hybridized carbons (Fsp3) is 0.640. The lowest BCUT2D eigenvalue weighted by Crippen LogP contribution is -2.48. The van der Waals surface area contributed by atoms with E-state index in [1.807, 2.05) is 12.1 Å². The first kappa shape index (κ1) is 31.1. The summed E-state index contributed by atoms with van der Waals surface area (Å²) >= 11 is 0. The Balaban J connectivity index is 2.10. The third-order valence-corrected chi connectivity index (χ3v) is 7.84. The summed E-state index contributed by atoms with van der Waals surface area (Å²) in [6, 6.07) is 8.26. The minimum Gasteiger partial charge on any atom is -0.480 e. The average molecular weight is 541 g/mol. The van der Waals surface area contributed by atoms with Crippen LogP contribution in [0.5, 0.6) is 0 Å². The molecule has 0 aliphatic carbocycles. The Labute approximate surface area is 220 Å². The van der Waals surface area contributed by atoms with Gasteiger partial charge in [-0.2, -0.15) is 0 Å². The van der Waals surface area contributed by atoms with E-state index in [0.29, 0.717) is 70.7 Å². The van der Waals surface area contributed by atoms with Crippen molar-refractivity contribution in [3.63, 3.8) is 0 Å². The normalized spacial score (nSPS) is 18.7. The molecule has 2 rings (SSSR count). The molecule has 1 saturated heterocycles. The van der Waals surface area contributed by atoms with Crippen molar-refractivity contribution in [2.24, 2.45) is 0 Å². The summed E-state index contributed by atoms with van der Waals surface area (Å²) in [5.41, 5.74) is 2.30. The number of benzene rings is 1. The van der Waals surface area contributed by atoms with E-state index < -0.39 is 26.1 Å². The van der Waals surface area contributed by atoms with Crippen molar-refractivity contribution in [2.75, 3.05) is 78.3 Å². The van der Waals surface area contributed by atoms with E-state index >= 15 is 0 Å². The van der Waals surface area contributed by atoms with Gasteiger partial charge in [-0.15, -0.1) is 0 Å². The highest BCUT2D eigenvalue weighted by atomic mass is 31.1. The van der Waals surface area contributed by atoms with Gasteiger partial charge in [-0.1, -0.05) is 38.1 Å². The van der Waals surface area contributed by atoms with Crippen molar-refractivity contribution in [2.45, 2.75) is 25.9 Å². The van der Waals surface area contributed by atoms with E-state index in [9.17, 15) is 34.6 Å². The summed E-state index contributed by atoms with van der Waals surface area (Å²) < 4.78 is 0. The molecular weight excluding hydrogens is 499 g/mol. The highest BCUT2D eigenvalue weighted by Crippen LogP contribution is 2.35. The van der Waals surface area contributed by atoms with Crippen molar-refractivity contribution < 1.29 is 34.6 Å². The summed E-state index contributed by atoms with van der Waals surface area (Å²) in [4.78, 5) is 52.4. The van der Waals surface area contributed by atoms with Crippen molar-refractivity contribution in [1.82, 2.24) is 19.6 Å². The van der Waals surface area contributed by atoms with Gasteiger partial charge in [-0.3, -0.25) is 34.0 Å². The van der Waals surface area contributed by atoms with Crippen molar-refractivity contribution in [3.8, 4) is 0 Å². The molecule has 1 aliphatic heterocycles. The molecule has 0 saturated carbocycles. The molecule has 1 aromatic rings. The van der Waals surface area contributed by atoms with Crippen LogP contribution in [0.15, 0.2) is 24.3 Å². The average Bonchev–Trinajstić information content (AvgIpc) is 2.80. The first-order chi connectivity index (χ1) is 17.5. The summed E-state index contributed by atoms with van der Waals surface area (Å²) in [6.45, 7) is 7.15. The highest BCUT2D eigenvalue weighted by molar-refractivity contribution is 7.50. The standard InChI is InChI=1S/C25H41N4O7P/c1-20(2)22-5-3-21(4-6-22)18-37(36)19-29-13-11-27(16-24(32)33)9-7-26(15-23(30)31)8-10-28(12-14-29)17-25(34)35/h3-6,20,36H,7-19H2,1-2H3,(H,30,31)(H,32,33)(H,34,35). The van der Waals surface area contributed by atoms with Gasteiger partial charge in [0.05, 0.1) is 19.6 Å². The quantitative estimate of drug-likeness (QED) is 0.300. The van der Waals surface area contributed by atoms with E-state index in [4.69, 9.17) is 0 Å². The molecule has 4 N–H and O–H groups in total. The number of hydrogen-bond donors (Lipinski definition) is 4. The molecule has 0 aromatic heterocycles. The maximum atomic E-state index is 11.4. The van der Waals surface area contributed by atoms with E-state index in [0.717, 1.165) is 5.56 Å². The maximum Gasteiger partial charge on any atom is 0.317 e. The maximum absolute atomic E-state index is 11.4. The zero-order valence-corrected chi connectivity index (χ0v) is 22.7. The first-order valence-electron chi connectivity index (χ1n) is 12.6. The predicted molar refractivity (Wildman–Crippen MR) is 142 cm³/mol. The van der Waals surface area contributed by atoms with Crippen LogP contribution < -0.4 is 0 Å². The summed E-state index contributed by atoms with van der Waals surface area (Å²) in [5.74, 6) is -2.45. The number of hydrogen-bond acceptors (Lipinski definition) is 8. The van der Waals surface area contributed by atoms with E-state index in [1.165, 1.54) is 5.56 Å². The molecule has 1 fully saturated rings. The number of nitrogens with zero attached hydrogens (tertiary/aromatic N) is 4. The van der Waals surface area contributed by atoms with Gasteiger partial charge in [0, 0.05) is 73.0 Å². The Bertz CT molecular complexity index is 839. The third-order valence-electron chi connectivity index (χ3n) is 6.38. The van der Waals surface area contributed by atoms with Gasteiger partial charge in [0.25, 0.3) is 0 Å². The molecule has 0 radical (unpaired) electrons. The van der Waals surface area contributed by atoms with Crippen molar-refractivity contribution in [3.05, 3.63) is 35.4 Å². The van der Waals surface area contributed by atoms with Crippen LogP contribution in [0.25, 0.3) is 0 Å². The van der Waals surface area contributed by atoms with Crippen LogP contribution in [0.2, 0.25) is 0 Å². The Hall–Kier alpha value is -2.14. The van der Waals surface area contributed by atoms with E-state index in [2.05, 4.69) is 30.9 Å². The molecule has 0 spiro atoms. The third kappa shape index (κ3) is 12.8. The van der Waals surface area contributed by atoms with E-state index in [-0.39, 0.29) is 19.6 Å². The largest absolute Gasteiger partial charge is 0.480 e. The summed E-state index contributed by atoms with van der Waals surface area (Å²) in [6.07, 6.45) is 0.986. The van der Waals surface area contributed by atoms with Gasteiger partial charge in [-0.05, 0) is 17.0 Å². The van der Waals surface area contributed by atoms with Crippen LogP contribution in [0.3, 0.4) is 0 Å². The smallest absolute Gasteiger partial charge is 0.317 e. The van der Waals surface area contributed by atoms with Crippen LogP contribution in [-0.2, 0) is 20.5 Å². The molecule has 0 bridgehead atoms. The van der Waals surface area contributed by atoms with Crippen LogP contribution in [0.1, 0.15) is 30.9 Å². The summed E-state index contributed by atoms with van der Waals surface area (Å²) in [7, 11) is -1.35. The fourth-order valence-electron chi connectivity index (χ4n) is 4.27. The molecule has 1 heterocycles. The van der Waals surface area contributed by atoms with Gasteiger partial charge in [0.2, 0.25) is 0 Å². The van der Waals surface area contributed by atoms with Crippen molar-refractivity contribution in [1.29, 1.82) is 0 Å². The minimum absolute atomic E-state index is 0.157. The molecule has 0 amide bonds. The second-order valence-corrected chi connectivity index (χ2v) is 11.4. The number of rotatable bonds is 11. The topological polar surface area (TPSA) is 145 Å². The molecule has 208 valence electrons. The predicted octanol–water partition coefficient (Wildman–Crippen LogP) is 1.13. The second-order valence-electron chi connectivity index (χ2n) is 9.83. The molecule has 1 atom stereocenters. The van der Waals surface area contributed by atoms with E-state index in [1.54, 1.807) is 14.7 Å². The minimum atomic E-state index is -1.35. The monoisotopic (exact) mass is 540 g/mol. The van der Waals surface area contributed by atoms with Crippen LogP contribution in [-0.4, -0.2) is 136 Å². The zero-order valence-electron chi connectivity index (χ0n) is 21.8. The fourth-order valence-corrected chi connectivity index (χ4v) is 5.74. The lowest BCUT2D eigenvalue weighted by atomic mass is 10.0. The molecule has 1 aromatic carbocycles. The molecule has 12 heteroatoms. The highest BCUT2D eigenvalue weighted by Gasteiger charge is 2.21. The number of carboxylic acids is 3. The summed E-state index contributed by atoms with van der Waals surface area (Å²) in [5, 5.41) is 28.0. The molecule has 1 aliphatic rings. The SMILES string of the molecule is CC(C)c1ccc(CP(O)CN2CCN(CC(=O)O)CCN(CC(=O)O)CCN(CC(=O)O)CC2)cc1. The van der Waals surface area contributed by atoms with Gasteiger partial charge < -0.3 is 20.2 Å². The van der Waals surface area contributed by atoms with Gasteiger partial charge >= 0.3 is 17.9 Å². The number of carboxylic acid groups (broad SMARTS) is 3. The van der Waals surface area contributed by atoms with Crippen LogP contribution in [0.4, 0.5) is 0 Å². The number of carbonyl (C=O) groups is 3. The van der Waals surface area contributed by atoms with Crippen LogP contribution >= 0.6 is 8.15 Å². The Morgan fingerprint density at radius 2 is 1.05 bits per heavy atom. The van der Waals surface area contributed by atoms with Crippen molar-refractivity contribution >= 4 is 26.1 Å². The first-order valence-corrected chi connectivity index (χ1v) is 14.3. The zero-order chi connectivity index (χ0) is 27.4. The molecule has 11 nitrogen and oxygen atoms in total. The van der Waals surface area contributed by atoms with Crippen LogP contribution in [0, 0.1) is 0 Å². The Morgan fingerprint density at radius 1 is 0.703 bits per heavy atom. The second kappa shape index (κ2) is 16.0. The molecule has 37 heavy (non-hydrogen) atoms. The van der Waals surface area contributed by atoms with Gasteiger partial charge in [-0.25, -0.2) is 0 Å². The molecular formula is C25H41N4O7P. The number of aliphatic carboxylic acids is 3. The van der Waals surface area contributed by atoms with Gasteiger partial charge in [0.1, 0.15) is 0 Å². The Kier molecular flexibility index (Phi) is 13.4. The lowest BCUT2D eigenvalue weighted by molar-refractivity contribution is -0.140. The van der Waals surface area contributed by atoms with Gasteiger partial charge in [0.15, 0.2) is 0 Å². The Morgan fingerprint density at radius 3 is 1.38 bits per heavy atom. The molecule has 1 unspecified atom stereocenters. The lowest BCUT2D eigenvalue weighted by Gasteiger charge is -2.33.